The maximum atomic E-state index is 9.77. The van der Waals surface area contributed by atoms with Gasteiger partial charge in [-0.3, -0.25) is 15.0 Å². The van der Waals surface area contributed by atoms with Gasteiger partial charge in [-0.25, -0.2) is 0 Å². The zero-order chi connectivity index (χ0) is 25.2. The number of H-pyrrole nitrogens is 1. The zero-order valence-electron chi connectivity index (χ0n) is 20.5. The van der Waals surface area contributed by atoms with Crippen LogP contribution in [0.15, 0.2) is 67.0 Å². The van der Waals surface area contributed by atoms with Crippen LogP contribution in [0.5, 0.6) is 11.5 Å². The summed E-state index contributed by atoms with van der Waals surface area (Å²) in [5.74, 6) is 1.23. The van der Waals surface area contributed by atoms with Crippen LogP contribution in [0.25, 0.3) is 21.8 Å². The van der Waals surface area contributed by atoms with Crippen LogP contribution in [-0.2, 0) is 13.0 Å². The molecule has 3 aromatic carbocycles. The molecule has 0 unspecified atom stereocenters. The highest BCUT2D eigenvalue weighted by Gasteiger charge is 2.17. The first-order valence-electron chi connectivity index (χ1n) is 12.2. The Bertz CT molecular complexity index is 1640. The van der Waals surface area contributed by atoms with Crippen LogP contribution in [0, 0.1) is 11.3 Å². The van der Waals surface area contributed by atoms with Crippen LogP contribution < -0.4 is 14.8 Å². The number of nitrogens with one attached hydrogen (secondary N) is 2. The predicted molar refractivity (Wildman–Crippen MR) is 143 cm³/mol. The fraction of sp³-hybridized carbons (Fsp3) is 0.207. The molecule has 3 heterocycles. The van der Waals surface area contributed by atoms with Gasteiger partial charge in [-0.2, -0.15) is 10.4 Å². The van der Waals surface area contributed by atoms with E-state index in [1.165, 1.54) is 11.1 Å². The minimum Gasteiger partial charge on any atom is -0.493 e. The van der Waals surface area contributed by atoms with Crippen molar-refractivity contribution in [2.24, 2.45) is 0 Å². The molecule has 1 aliphatic heterocycles. The van der Waals surface area contributed by atoms with E-state index in [9.17, 15) is 5.26 Å². The summed E-state index contributed by atoms with van der Waals surface area (Å²) in [6, 6.07) is 20.5. The molecule has 2 N–H and O–H groups in total. The fourth-order valence-corrected chi connectivity index (χ4v) is 4.88. The second-order valence-electron chi connectivity index (χ2n) is 9.12. The Morgan fingerprint density at radius 3 is 2.84 bits per heavy atom. The first kappa shape index (κ1) is 22.8. The number of hydrogen-bond acceptors (Lipinski definition) is 7. The highest BCUT2D eigenvalue weighted by Crippen LogP contribution is 2.37. The minimum atomic E-state index is 0.443. The lowest BCUT2D eigenvalue weighted by Gasteiger charge is -2.28. The Morgan fingerprint density at radius 2 is 1.97 bits per heavy atom. The molecule has 0 aliphatic carbocycles. The largest absolute Gasteiger partial charge is 0.493 e. The van der Waals surface area contributed by atoms with E-state index in [0.29, 0.717) is 34.9 Å². The molecule has 0 fully saturated rings. The lowest BCUT2D eigenvalue weighted by Crippen LogP contribution is -2.33. The predicted octanol–water partition coefficient (Wildman–Crippen LogP) is 5.17. The summed E-state index contributed by atoms with van der Waals surface area (Å²) in [5.41, 5.74) is 6.40. The number of fused-ring (bicyclic) bond motifs is 3. The molecule has 8 nitrogen and oxygen atoms in total. The van der Waals surface area contributed by atoms with Gasteiger partial charge in [0.1, 0.15) is 12.7 Å². The minimum absolute atomic E-state index is 0.443. The quantitative estimate of drug-likeness (QED) is 0.325. The fourth-order valence-electron chi connectivity index (χ4n) is 4.88. The number of nitriles is 1. The van der Waals surface area contributed by atoms with Crippen LogP contribution >= 0.6 is 0 Å². The molecular formula is C29H26N6O2. The van der Waals surface area contributed by atoms with E-state index in [1.54, 1.807) is 19.5 Å². The van der Waals surface area contributed by atoms with Crippen LogP contribution in [0.2, 0.25) is 0 Å². The molecule has 2 aromatic heterocycles. The zero-order valence-corrected chi connectivity index (χ0v) is 20.5. The van der Waals surface area contributed by atoms with Gasteiger partial charge in [-0.15, -0.1) is 0 Å². The number of ether oxygens (including phenoxy) is 2. The van der Waals surface area contributed by atoms with Gasteiger partial charge >= 0.3 is 0 Å². The molecule has 0 bridgehead atoms. The SMILES string of the molecule is COc1cc2c(Nc3ccc4cn[nH]c4c3)c(C#N)cnc2cc1OCCN1CCc2ccccc2C1. The van der Waals surface area contributed by atoms with Crippen molar-refractivity contribution in [3.05, 3.63) is 83.7 Å². The molecule has 5 aromatic rings. The Kier molecular flexibility index (Phi) is 6.05. The summed E-state index contributed by atoms with van der Waals surface area (Å²) in [6.07, 6.45) is 4.42. The molecule has 0 spiro atoms. The van der Waals surface area contributed by atoms with E-state index < -0.39 is 0 Å². The van der Waals surface area contributed by atoms with Crippen molar-refractivity contribution in [3.8, 4) is 17.6 Å². The summed E-state index contributed by atoms with van der Waals surface area (Å²) in [4.78, 5) is 6.94. The third-order valence-electron chi connectivity index (χ3n) is 6.86. The number of benzene rings is 3. The Morgan fingerprint density at radius 1 is 1.08 bits per heavy atom. The van der Waals surface area contributed by atoms with Gasteiger partial charge in [0, 0.05) is 48.4 Å². The van der Waals surface area contributed by atoms with Gasteiger partial charge in [-0.1, -0.05) is 24.3 Å². The van der Waals surface area contributed by atoms with Gasteiger partial charge in [0.2, 0.25) is 0 Å². The number of rotatable bonds is 7. The molecular weight excluding hydrogens is 464 g/mol. The topological polar surface area (TPSA) is 99.1 Å². The number of methoxy groups -OCH3 is 1. The highest BCUT2D eigenvalue weighted by atomic mass is 16.5. The monoisotopic (exact) mass is 490 g/mol. The first-order valence-corrected chi connectivity index (χ1v) is 12.2. The van der Waals surface area contributed by atoms with Crippen molar-refractivity contribution < 1.29 is 9.47 Å². The smallest absolute Gasteiger partial charge is 0.163 e. The van der Waals surface area contributed by atoms with Crippen LogP contribution in [0.1, 0.15) is 16.7 Å². The molecule has 184 valence electrons. The maximum absolute atomic E-state index is 9.77. The van der Waals surface area contributed by atoms with Crippen LogP contribution in [0.4, 0.5) is 11.4 Å². The maximum Gasteiger partial charge on any atom is 0.163 e. The number of aromatic nitrogens is 3. The Labute approximate surface area is 214 Å². The normalized spacial score (nSPS) is 13.3. The lowest BCUT2D eigenvalue weighted by atomic mass is 10.0. The molecule has 0 atom stereocenters. The molecule has 37 heavy (non-hydrogen) atoms. The number of anilines is 2. The van der Waals surface area contributed by atoms with Crippen LogP contribution in [0.3, 0.4) is 0 Å². The molecule has 0 amide bonds. The van der Waals surface area contributed by atoms with Crippen molar-refractivity contribution >= 4 is 33.2 Å². The summed E-state index contributed by atoms with van der Waals surface area (Å²) >= 11 is 0. The van der Waals surface area contributed by atoms with Crippen molar-refractivity contribution in [2.45, 2.75) is 13.0 Å². The van der Waals surface area contributed by atoms with E-state index in [-0.39, 0.29) is 0 Å². The Hall–Kier alpha value is -4.61. The number of nitrogens with zero attached hydrogens (tertiary/aromatic N) is 4. The van der Waals surface area contributed by atoms with Crippen molar-refractivity contribution in [1.82, 2.24) is 20.1 Å². The summed E-state index contributed by atoms with van der Waals surface area (Å²) in [5, 5.41) is 22.0. The molecule has 0 saturated heterocycles. The van der Waals surface area contributed by atoms with Gasteiger partial charge in [0.25, 0.3) is 0 Å². The van der Waals surface area contributed by atoms with E-state index in [0.717, 1.165) is 48.0 Å². The third kappa shape index (κ3) is 4.53. The standard InChI is InChI=1S/C29H26N6O2/c1-36-27-13-24-26(14-28(27)37-11-10-35-9-8-19-4-2-3-5-21(19)18-35)31-16-22(15-30)29(24)33-23-7-6-20-17-32-34-25(20)12-23/h2-7,12-14,16-17H,8-11,18H2,1H3,(H,31,33)(H,32,34). The van der Waals surface area contributed by atoms with E-state index in [4.69, 9.17) is 9.47 Å². The molecule has 6 rings (SSSR count). The highest BCUT2D eigenvalue weighted by molar-refractivity contribution is 5.98. The van der Waals surface area contributed by atoms with Crippen molar-refractivity contribution in [1.29, 1.82) is 5.26 Å². The average molecular weight is 491 g/mol. The number of hydrogen-bond donors (Lipinski definition) is 2. The van der Waals surface area contributed by atoms with E-state index in [2.05, 4.69) is 55.7 Å². The van der Waals surface area contributed by atoms with Gasteiger partial charge in [0.05, 0.1) is 35.6 Å². The molecule has 1 aliphatic rings. The molecule has 0 radical (unpaired) electrons. The van der Waals surface area contributed by atoms with Crippen molar-refractivity contribution in [3.63, 3.8) is 0 Å². The third-order valence-corrected chi connectivity index (χ3v) is 6.86. The second kappa shape index (κ2) is 9.80. The number of aromatic amines is 1. The van der Waals surface area contributed by atoms with Crippen molar-refractivity contribution in [2.75, 3.05) is 32.1 Å². The summed E-state index contributed by atoms with van der Waals surface area (Å²) in [6.45, 7) is 3.31. The van der Waals surface area contributed by atoms with Crippen LogP contribution in [-0.4, -0.2) is 46.9 Å². The average Bonchev–Trinajstić information content (AvgIpc) is 3.41. The van der Waals surface area contributed by atoms with E-state index in [1.807, 2.05) is 30.3 Å². The van der Waals surface area contributed by atoms with Gasteiger partial charge in [0.15, 0.2) is 11.5 Å². The lowest BCUT2D eigenvalue weighted by molar-refractivity contribution is 0.193. The molecule has 8 heteroatoms. The van der Waals surface area contributed by atoms with E-state index >= 15 is 0 Å². The second-order valence-corrected chi connectivity index (χ2v) is 9.12. The van der Waals surface area contributed by atoms with Gasteiger partial charge in [-0.05, 0) is 41.8 Å². The molecule has 0 saturated carbocycles. The summed E-state index contributed by atoms with van der Waals surface area (Å²) in [7, 11) is 1.62. The Balaban J connectivity index is 1.24. The number of pyridine rings is 1. The first-order chi connectivity index (χ1) is 18.2. The summed E-state index contributed by atoms with van der Waals surface area (Å²) < 4.78 is 11.9. The van der Waals surface area contributed by atoms with Gasteiger partial charge < -0.3 is 14.8 Å².